The van der Waals surface area contributed by atoms with Gasteiger partial charge in [0.25, 0.3) is 15.9 Å². The van der Waals surface area contributed by atoms with Crippen LogP contribution in [0.4, 0.5) is 5.69 Å². The van der Waals surface area contributed by atoms with Crippen molar-refractivity contribution in [2.45, 2.75) is 43.9 Å². The lowest BCUT2D eigenvalue weighted by atomic mass is 9.75. The Bertz CT molecular complexity index is 968. The van der Waals surface area contributed by atoms with Crippen molar-refractivity contribution in [3.05, 3.63) is 59.7 Å². The number of nitrogens with zero attached hydrogens (tertiary/aromatic N) is 1. The van der Waals surface area contributed by atoms with Gasteiger partial charge >= 0.3 is 0 Å². The van der Waals surface area contributed by atoms with Crippen LogP contribution in [0.2, 0.25) is 0 Å². The van der Waals surface area contributed by atoms with Crippen LogP contribution in [0.3, 0.4) is 0 Å². The maximum absolute atomic E-state index is 12.9. The minimum absolute atomic E-state index is 0.00413. The summed E-state index contributed by atoms with van der Waals surface area (Å²) in [6, 6.07) is 13.5. The highest BCUT2D eigenvalue weighted by atomic mass is 32.2. The SMILES string of the molecule is Cc1ccc(NS(=O)(=O)c2ccc(C(=O)N3CC[C@H]4CCCC[C@@H]4C3)cc2)cc1. The van der Waals surface area contributed by atoms with E-state index in [-0.39, 0.29) is 10.8 Å². The Labute approximate surface area is 173 Å². The zero-order valence-corrected chi connectivity index (χ0v) is 17.6. The van der Waals surface area contributed by atoms with Crippen molar-refractivity contribution in [2.75, 3.05) is 17.8 Å². The maximum Gasteiger partial charge on any atom is 0.261 e. The molecule has 2 aromatic rings. The second kappa shape index (κ2) is 8.19. The number of rotatable bonds is 4. The molecule has 0 spiro atoms. The molecule has 0 bridgehead atoms. The summed E-state index contributed by atoms with van der Waals surface area (Å²) in [5.41, 5.74) is 2.13. The third kappa shape index (κ3) is 4.47. The van der Waals surface area contributed by atoms with Crippen LogP contribution in [0.15, 0.2) is 53.4 Å². The predicted octanol–water partition coefficient (Wildman–Crippen LogP) is 4.45. The van der Waals surface area contributed by atoms with Crippen LogP contribution in [-0.2, 0) is 10.0 Å². The normalized spacial score (nSPS) is 22.0. The minimum Gasteiger partial charge on any atom is -0.338 e. The number of aryl methyl sites for hydroxylation is 1. The largest absolute Gasteiger partial charge is 0.338 e. The van der Waals surface area contributed by atoms with E-state index in [9.17, 15) is 13.2 Å². The van der Waals surface area contributed by atoms with E-state index in [0.717, 1.165) is 31.0 Å². The van der Waals surface area contributed by atoms with Gasteiger partial charge in [-0.2, -0.15) is 0 Å². The van der Waals surface area contributed by atoms with E-state index in [1.165, 1.54) is 37.8 Å². The van der Waals surface area contributed by atoms with E-state index in [1.807, 2.05) is 24.0 Å². The summed E-state index contributed by atoms with van der Waals surface area (Å²) >= 11 is 0. The standard InChI is InChI=1S/C23H28N2O3S/c1-17-6-10-21(11-7-17)24-29(27,28)22-12-8-19(9-13-22)23(26)25-15-14-18-4-2-3-5-20(18)16-25/h6-13,18,20,24H,2-5,14-16H2,1H3/t18-,20-/m1/s1. The van der Waals surface area contributed by atoms with Gasteiger partial charge in [-0.3, -0.25) is 9.52 Å². The molecule has 1 aliphatic heterocycles. The Hall–Kier alpha value is -2.34. The molecule has 5 nitrogen and oxygen atoms in total. The van der Waals surface area contributed by atoms with Crippen molar-refractivity contribution < 1.29 is 13.2 Å². The molecule has 154 valence electrons. The molecule has 0 aromatic heterocycles. The molecule has 2 aromatic carbocycles. The molecule has 1 saturated heterocycles. The number of likely N-dealkylation sites (tertiary alicyclic amines) is 1. The van der Waals surface area contributed by atoms with Crippen LogP contribution in [0.1, 0.15) is 48.0 Å². The first-order valence-corrected chi connectivity index (χ1v) is 11.9. The quantitative estimate of drug-likeness (QED) is 0.807. The van der Waals surface area contributed by atoms with E-state index >= 15 is 0 Å². The first-order chi connectivity index (χ1) is 13.9. The summed E-state index contributed by atoms with van der Waals surface area (Å²) in [5, 5.41) is 0. The summed E-state index contributed by atoms with van der Waals surface area (Å²) in [4.78, 5) is 15.0. The fourth-order valence-corrected chi connectivity index (χ4v) is 5.64. The molecule has 1 heterocycles. The van der Waals surface area contributed by atoms with Gasteiger partial charge in [0.2, 0.25) is 0 Å². The highest BCUT2D eigenvalue weighted by Gasteiger charge is 2.33. The van der Waals surface area contributed by atoms with Crippen molar-refractivity contribution >= 4 is 21.6 Å². The molecule has 1 amide bonds. The molecule has 6 heteroatoms. The molecular formula is C23H28N2O3S. The number of nitrogens with one attached hydrogen (secondary N) is 1. The van der Waals surface area contributed by atoms with E-state index in [0.29, 0.717) is 17.2 Å². The number of amides is 1. The molecule has 0 unspecified atom stereocenters. The van der Waals surface area contributed by atoms with Gasteiger partial charge in [-0.05, 0) is 68.0 Å². The molecule has 2 atom stereocenters. The topological polar surface area (TPSA) is 66.5 Å². The van der Waals surface area contributed by atoms with Crippen molar-refractivity contribution in [3.8, 4) is 0 Å². The first-order valence-electron chi connectivity index (χ1n) is 10.4. The lowest BCUT2D eigenvalue weighted by molar-refractivity contribution is 0.0521. The minimum atomic E-state index is -3.68. The number of carbonyl (C=O) groups is 1. The van der Waals surface area contributed by atoms with Crippen LogP contribution < -0.4 is 4.72 Å². The van der Waals surface area contributed by atoms with Crippen LogP contribution in [0, 0.1) is 18.8 Å². The first kappa shape index (κ1) is 20.0. The number of hydrogen-bond donors (Lipinski definition) is 1. The number of piperidine rings is 1. The fraction of sp³-hybridized carbons (Fsp3) is 0.435. The molecule has 1 aliphatic carbocycles. The van der Waals surface area contributed by atoms with Gasteiger partial charge < -0.3 is 4.90 Å². The fourth-order valence-electron chi connectivity index (χ4n) is 4.58. The summed E-state index contributed by atoms with van der Waals surface area (Å²) in [6.45, 7) is 3.58. The molecule has 1 N–H and O–H groups in total. The van der Waals surface area contributed by atoms with Gasteiger partial charge in [-0.15, -0.1) is 0 Å². The number of anilines is 1. The Morgan fingerprint density at radius 1 is 0.931 bits per heavy atom. The summed E-state index contributed by atoms with van der Waals surface area (Å²) in [6.07, 6.45) is 6.19. The van der Waals surface area contributed by atoms with Crippen LogP contribution in [0.25, 0.3) is 0 Å². The van der Waals surface area contributed by atoms with E-state index in [4.69, 9.17) is 0 Å². The van der Waals surface area contributed by atoms with Crippen molar-refractivity contribution in [1.29, 1.82) is 0 Å². The van der Waals surface area contributed by atoms with Crippen molar-refractivity contribution in [2.24, 2.45) is 11.8 Å². The highest BCUT2D eigenvalue weighted by Crippen LogP contribution is 2.36. The monoisotopic (exact) mass is 412 g/mol. The van der Waals surface area contributed by atoms with Crippen molar-refractivity contribution in [1.82, 2.24) is 4.90 Å². The highest BCUT2D eigenvalue weighted by molar-refractivity contribution is 7.92. The number of benzene rings is 2. The van der Waals surface area contributed by atoms with Crippen LogP contribution in [-0.4, -0.2) is 32.3 Å². The zero-order chi connectivity index (χ0) is 20.4. The molecule has 2 aliphatic rings. The summed E-state index contributed by atoms with van der Waals surface area (Å²) < 4.78 is 27.8. The van der Waals surface area contributed by atoms with E-state index < -0.39 is 10.0 Å². The molecule has 29 heavy (non-hydrogen) atoms. The average molecular weight is 413 g/mol. The van der Waals surface area contributed by atoms with Crippen LogP contribution >= 0.6 is 0 Å². The average Bonchev–Trinajstić information content (AvgIpc) is 2.74. The smallest absolute Gasteiger partial charge is 0.261 e. The molecule has 2 fully saturated rings. The van der Waals surface area contributed by atoms with E-state index in [1.54, 1.807) is 24.3 Å². The van der Waals surface area contributed by atoms with Crippen molar-refractivity contribution in [3.63, 3.8) is 0 Å². The maximum atomic E-state index is 12.9. The Balaban J connectivity index is 1.44. The molecular weight excluding hydrogens is 384 g/mol. The van der Waals surface area contributed by atoms with Gasteiger partial charge in [0.1, 0.15) is 0 Å². The molecule has 1 saturated carbocycles. The predicted molar refractivity (Wildman–Crippen MR) is 114 cm³/mol. The van der Waals surface area contributed by atoms with E-state index in [2.05, 4.69) is 4.72 Å². The zero-order valence-electron chi connectivity index (χ0n) is 16.8. The van der Waals surface area contributed by atoms with Gasteiger partial charge in [0, 0.05) is 24.3 Å². The Morgan fingerprint density at radius 3 is 2.28 bits per heavy atom. The second-order valence-corrected chi connectivity index (χ2v) is 10.0. The van der Waals surface area contributed by atoms with Gasteiger partial charge in [0.05, 0.1) is 4.90 Å². The van der Waals surface area contributed by atoms with Gasteiger partial charge in [-0.25, -0.2) is 8.42 Å². The molecule has 4 rings (SSSR count). The Kier molecular flexibility index (Phi) is 5.63. The molecule has 0 radical (unpaired) electrons. The second-order valence-electron chi connectivity index (χ2n) is 8.34. The summed E-state index contributed by atoms with van der Waals surface area (Å²) in [5.74, 6) is 1.40. The summed E-state index contributed by atoms with van der Waals surface area (Å²) in [7, 11) is -3.68. The Morgan fingerprint density at radius 2 is 1.59 bits per heavy atom. The van der Waals surface area contributed by atoms with Gasteiger partial charge in [-0.1, -0.05) is 37.0 Å². The number of sulfonamides is 1. The lowest BCUT2D eigenvalue weighted by Crippen LogP contribution is -2.44. The number of hydrogen-bond acceptors (Lipinski definition) is 3. The van der Waals surface area contributed by atoms with Gasteiger partial charge in [0.15, 0.2) is 0 Å². The number of carbonyl (C=O) groups excluding carboxylic acids is 1. The van der Waals surface area contributed by atoms with Crippen LogP contribution in [0.5, 0.6) is 0 Å². The third-order valence-corrected chi connectivity index (χ3v) is 7.69. The third-order valence-electron chi connectivity index (χ3n) is 6.29. The number of fused-ring (bicyclic) bond motifs is 1. The lowest BCUT2D eigenvalue weighted by Gasteiger charge is -2.41.